The molecule has 0 amide bonds. The Labute approximate surface area is 120 Å². The predicted octanol–water partition coefficient (Wildman–Crippen LogP) is 5.23. The molecule has 0 spiro atoms. The van der Waals surface area contributed by atoms with Crippen molar-refractivity contribution < 1.29 is 0 Å². The summed E-state index contributed by atoms with van der Waals surface area (Å²) >= 11 is 1.77. The second kappa shape index (κ2) is 6.90. The minimum atomic E-state index is 0.772. The Morgan fingerprint density at radius 1 is 1.32 bits per heavy atom. The third kappa shape index (κ3) is 3.93. The zero-order chi connectivity index (χ0) is 13.7. The fourth-order valence-corrected chi connectivity index (χ4v) is 3.25. The molecule has 2 rings (SSSR count). The number of aryl methyl sites for hydroxylation is 1. The van der Waals surface area contributed by atoms with E-state index in [0.29, 0.717) is 0 Å². The minimum Gasteiger partial charge on any atom is -0.361 e. The molecular formula is C16H24N2S. The molecule has 19 heavy (non-hydrogen) atoms. The summed E-state index contributed by atoms with van der Waals surface area (Å²) in [7, 11) is 0. The van der Waals surface area contributed by atoms with Crippen LogP contribution in [0.15, 0.2) is 18.2 Å². The molecule has 0 bridgehead atoms. The number of fused-ring (bicyclic) bond motifs is 1. The molecule has 0 fully saturated rings. The van der Waals surface area contributed by atoms with Gasteiger partial charge >= 0.3 is 0 Å². The summed E-state index contributed by atoms with van der Waals surface area (Å²) in [6.07, 6.45) is 5.19. The molecular weight excluding hydrogens is 252 g/mol. The van der Waals surface area contributed by atoms with E-state index in [1.807, 2.05) is 0 Å². The zero-order valence-corrected chi connectivity index (χ0v) is 13.0. The first-order valence-corrected chi connectivity index (χ1v) is 8.15. The molecule has 1 unspecified atom stereocenters. The SMILES string of the molecule is CCCCC(CC)CNc1nc2ccc(C)cc2s1. The first-order chi connectivity index (χ1) is 9.22. The minimum absolute atomic E-state index is 0.772. The molecule has 1 aromatic carbocycles. The summed E-state index contributed by atoms with van der Waals surface area (Å²) in [6.45, 7) is 7.72. The van der Waals surface area contributed by atoms with Gasteiger partial charge in [0.15, 0.2) is 5.13 Å². The van der Waals surface area contributed by atoms with Gasteiger partial charge < -0.3 is 5.32 Å². The van der Waals surface area contributed by atoms with E-state index >= 15 is 0 Å². The van der Waals surface area contributed by atoms with Crippen LogP contribution in [0.5, 0.6) is 0 Å². The summed E-state index contributed by atoms with van der Waals surface area (Å²) in [6, 6.07) is 6.45. The van der Waals surface area contributed by atoms with Crippen molar-refractivity contribution in [2.45, 2.75) is 46.5 Å². The number of aromatic nitrogens is 1. The number of anilines is 1. The van der Waals surface area contributed by atoms with Crippen molar-refractivity contribution in [3.05, 3.63) is 23.8 Å². The molecule has 0 saturated heterocycles. The Morgan fingerprint density at radius 2 is 2.16 bits per heavy atom. The lowest BCUT2D eigenvalue weighted by atomic mass is 10.00. The van der Waals surface area contributed by atoms with Crippen molar-refractivity contribution in [1.29, 1.82) is 0 Å². The number of nitrogens with zero attached hydrogens (tertiary/aromatic N) is 1. The number of benzene rings is 1. The maximum Gasteiger partial charge on any atom is 0.183 e. The van der Waals surface area contributed by atoms with Crippen LogP contribution < -0.4 is 5.32 Å². The quantitative estimate of drug-likeness (QED) is 0.748. The van der Waals surface area contributed by atoms with E-state index in [1.165, 1.54) is 35.9 Å². The van der Waals surface area contributed by atoms with Gasteiger partial charge in [-0.05, 0) is 37.0 Å². The summed E-state index contributed by atoms with van der Waals surface area (Å²) in [4.78, 5) is 4.65. The highest BCUT2D eigenvalue weighted by molar-refractivity contribution is 7.22. The maximum absolute atomic E-state index is 4.65. The molecule has 0 saturated carbocycles. The third-order valence-corrected chi connectivity index (χ3v) is 4.61. The lowest BCUT2D eigenvalue weighted by Gasteiger charge is -2.14. The first kappa shape index (κ1) is 14.3. The Balaban J connectivity index is 1.97. The molecule has 3 heteroatoms. The van der Waals surface area contributed by atoms with E-state index in [0.717, 1.165) is 23.1 Å². The van der Waals surface area contributed by atoms with Crippen LogP contribution in [0, 0.1) is 12.8 Å². The van der Waals surface area contributed by atoms with Crippen LogP contribution in [0.2, 0.25) is 0 Å². The number of unbranched alkanes of at least 4 members (excludes halogenated alkanes) is 1. The van der Waals surface area contributed by atoms with Crippen molar-refractivity contribution in [3.8, 4) is 0 Å². The first-order valence-electron chi connectivity index (χ1n) is 7.34. The average Bonchev–Trinajstić information content (AvgIpc) is 2.81. The van der Waals surface area contributed by atoms with E-state index in [1.54, 1.807) is 11.3 Å². The standard InChI is InChI=1S/C16H24N2S/c1-4-6-7-13(5-2)11-17-16-18-14-9-8-12(3)10-15(14)19-16/h8-10,13H,4-7,11H2,1-3H3,(H,17,18). The average molecular weight is 276 g/mol. The Hall–Kier alpha value is -1.09. The molecule has 0 radical (unpaired) electrons. The normalized spacial score (nSPS) is 12.8. The van der Waals surface area contributed by atoms with E-state index in [2.05, 4.69) is 49.3 Å². The van der Waals surface area contributed by atoms with Crippen molar-refractivity contribution in [2.75, 3.05) is 11.9 Å². The molecule has 1 N–H and O–H groups in total. The molecule has 2 nitrogen and oxygen atoms in total. The molecule has 0 aliphatic heterocycles. The monoisotopic (exact) mass is 276 g/mol. The highest BCUT2D eigenvalue weighted by Gasteiger charge is 2.08. The van der Waals surface area contributed by atoms with E-state index in [-0.39, 0.29) is 0 Å². The lowest BCUT2D eigenvalue weighted by Crippen LogP contribution is -2.13. The van der Waals surface area contributed by atoms with Crippen LogP contribution in [0.4, 0.5) is 5.13 Å². The van der Waals surface area contributed by atoms with Gasteiger partial charge in [0.1, 0.15) is 0 Å². The molecule has 2 aromatic rings. The Kier molecular flexibility index (Phi) is 5.20. The van der Waals surface area contributed by atoms with Crippen molar-refractivity contribution in [2.24, 2.45) is 5.92 Å². The number of nitrogens with one attached hydrogen (secondary N) is 1. The predicted molar refractivity (Wildman–Crippen MR) is 86.2 cm³/mol. The van der Waals surface area contributed by atoms with Gasteiger partial charge in [-0.3, -0.25) is 0 Å². The Morgan fingerprint density at radius 3 is 2.89 bits per heavy atom. The summed E-state index contributed by atoms with van der Waals surface area (Å²) < 4.78 is 1.28. The van der Waals surface area contributed by atoms with Gasteiger partial charge in [-0.2, -0.15) is 0 Å². The van der Waals surface area contributed by atoms with E-state index in [4.69, 9.17) is 0 Å². The van der Waals surface area contributed by atoms with E-state index in [9.17, 15) is 0 Å². The third-order valence-electron chi connectivity index (χ3n) is 3.63. The van der Waals surface area contributed by atoms with Gasteiger partial charge in [0.05, 0.1) is 10.2 Å². The maximum atomic E-state index is 4.65. The van der Waals surface area contributed by atoms with Crippen LogP contribution in [0.3, 0.4) is 0 Å². The van der Waals surface area contributed by atoms with Crippen LogP contribution in [0.25, 0.3) is 10.2 Å². The van der Waals surface area contributed by atoms with Gasteiger partial charge in [-0.15, -0.1) is 0 Å². The fourth-order valence-electron chi connectivity index (χ4n) is 2.28. The van der Waals surface area contributed by atoms with Gasteiger partial charge in [-0.25, -0.2) is 4.98 Å². The van der Waals surface area contributed by atoms with E-state index < -0.39 is 0 Å². The summed E-state index contributed by atoms with van der Waals surface area (Å²) in [5, 5.41) is 4.59. The highest BCUT2D eigenvalue weighted by atomic mass is 32.1. The van der Waals surface area contributed by atoms with Crippen LogP contribution >= 0.6 is 11.3 Å². The summed E-state index contributed by atoms with van der Waals surface area (Å²) in [5.74, 6) is 0.772. The second-order valence-electron chi connectivity index (χ2n) is 5.29. The number of hydrogen-bond donors (Lipinski definition) is 1. The van der Waals surface area contributed by atoms with Crippen molar-refractivity contribution in [1.82, 2.24) is 4.98 Å². The highest BCUT2D eigenvalue weighted by Crippen LogP contribution is 2.27. The van der Waals surface area contributed by atoms with Crippen molar-refractivity contribution >= 4 is 26.7 Å². The summed E-state index contributed by atoms with van der Waals surface area (Å²) in [5.41, 5.74) is 2.41. The smallest absolute Gasteiger partial charge is 0.183 e. The van der Waals surface area contributed by atoms with Gasteiger partial charge in [0.2, 0.25) is 0 Å². The topological polar surface area (TPSA) is 24.9 Å². The molecule has 1 atom stereocenters. The van der Waals surface area contributed by atoms with Gasteiger partial charge in [-0.1, -0.05) is 50.5 Å². The Bertz CT molecular complexity index is 518. The zero-order valence-electron chi connectivity index (χ0n) is 12.2. The van der Waals surface area contributed by atoms with Crippen molar-refractivity contribution in [3.63, 3.8) is 0 Å². The van der Waals surface area contributed by atoms with Gasteiger partial charge in [0.25, 0.3) is 0 Å². The molecule has 1 aromatic heterocycles. The molecule has 0 aliphatic rings. The second-order valence-corrected chi connectivity index (χ2v) is 6.32. The number of rotatable bonds is 7. The number of hydrogen-bond acceptors (Lipinski definition) is 3. The number of thiazole rings is 1. The molecule has 0 aliphatic carbocycles. The fraction of sp³-hybridized carbons (Fsp3) is 0.562. The lowest BCUT2D eigenvalue weighted by molar-refractivity contribution is 0.473. The van der Waals surface area contributed by atoms with Crippen LogP contribution in [-0.4, -0.2) is 11.5 Å². The van der Waals surface area contributed by atoms with Crippen LogP contribution in [0.1, 0.15) is 45.1 Å². The largest absolute Gasteiger partial charge is 0.361 e. The molecule has 1 heterocycles. The van der Waals surface area contributed by atoms with Crippen LogP contribution in [-0.2, 0) is 0 Å². The molecule has 104 valence electrons. The van der Waals surface area contributed by atoms with Gasteiger partial charge in [0, 0.05) is 6.54 Å².